The van der Waals surface area contributed by atoms with Crippen molar-refractivity contribution >= 4 is 65.3 Å². The molecule has 0 aliphatic heterocycles. The summed E-state index contributed by atoms with van der Waals surface area (Å²) < 4.78 is 4.78. The van der Waals surface area contributed by atoms with Crippen molar-refractivity contribution in [1.29, 1.82) is 0 Å². The van der Waals surface area contributed by atoms with Gasteiger partial charge in [-0.25, -0.2) is 0 Å². The third-order valence-electron chi connectivity index (χ3n) is 8.30. The molecule has 0 atom stereocenters. The van der Waals surface area contributed by atoms with Crippen LogP contribution in [-0.4, -0.2) is 14.1 Å². The summed E-state index contributed by atoms with van der Waals surface area (Å²) in [6, 6.07) is 48.0. The molecule has 6 aromatic carbocycles. The van der Waals surface area contributed by atoms with E-state index in [-0.39, 0.29) is 0 Å². The zero-order valence-corrected chi connectivity index (χ0v) is 21.6. The van der Waals surface area contributed by atoms with Gasteiger partial charge in [-0.1, -0.05) is 84.9 Å². The van der Waals surface area contributed by atoms with Crippen LogP contribution in [0.4, 0.5) is 0 Å². The number of hydrogen-bond acceptors (Lipinski definition) is 1. The van der Waals surface area contributed by atoms with Gasteiger partial charge in [-0.2, -0.15) is 0 Å². The zero-order valence-electron chi connectivity index (χ0n) is 21.6. The van der Waals surface area contributed by atoms with Crippen LogP contribution in [0, 0.1) is 0 Å². The Morgan fingerprint density at radius 3 is 1.68 bits per heavy atom. The summed E-state index contributed by atoms with van der Waals surface area (Å²) in [6.45, 7) is 0. The molecule has 9 rings (SSSR count). The lowest BCUT2D eigenvalue weighted by molar-refractivity contribution is 1.16. The molecule has 0 saturated heterocycles. The van der Waals surface area contributed by atoms with Crippen LogP contribution in [0.15, 0.2) is 140 Å². The second-order valence-electron chi connectivity index (χ2n) is 10.5. The van der Waals surface area contributed by atoms with Gasteiger partial charge in [-0.05, 0) is 59.3 Å². The van der Waals surface area contributed by atoms with Crippen molar-refractivity contribution in [3.8, 4) is 11.4 Å². The number of benzene rings is 6. The second-order valence-corrected chi connectivity index (χ2v) is 10.5. The number of rotatable bonds is 2. The lowest BCUT2D eigenvalue weighted by Crippen LogP contribution is -1.96. The van der Waals surface area contributed by atoms with Crippen LogP contribution in [-0.2, 0) is 0 Å². The molecule has 3 heteroatoms. The van der Waals surface area contributed by atoms with Crippen LogP contribution < -0.4 is 0 Å². The largest absolute Gasteiger partial charge is 0.309 e. The molecule has 3 heterocycles. The monoisotopic (exact) mass is 509 g/mol. The molecule has 0 bridgehead atoms. The molecule has 0 amide bonds. The van der Waals surface area contributed by atoms with Gasteiger partial charge >= 0.3 is 0 Å². The smallest absolute Gasteiger partial charge is 0.0703 e. The van der Waals surface area contributed by atoms with Crippen LogP contribution in [0.3, 0.4) is 0 Å². The molecule has 0 saturated carbocycles. The number of aromatic nitrogens is 3. The maximum Gasteiger partial charge on any atom is 0.0703 e. The Morgan fingerprint density at radius 1 is 0.400 bits per heavy atom. The van der Waals surface area contributed by atoms with Gasteiger partial charge < -0.3 is 9.13 Å². The second kappa shape index (κ2) is 8.05. The van der Waals surface area contributed by atoms with Crippen LogP contribution >= 0.6 is 0 Å². The summed E-state index contributed by atoms with van der Waals surface area (Å²) in [5.41, 5.74) is 8.05. The molecular weight excluding hydrogens is 486 g/mol. The molecule has 9 aromatic rings. The number of nitrogens with zero attached hydrogens (tertiary/aromatic N) is 3. The Labute approximate surface area is 230 Å². The molecule has 0 fully saturated rings. The highest BCUT2D eigenvalue weighted by molar-refractivity contribution is 6.29. The van der Waals surface area contributed by atoms with Crippen molar-refractivity contribution in [3.05, 3.63) is 140 Å². The molecule has 0 radical (unpaired) electrons. The van der Waals surface area contributed by atoms with E-state index in [9.17, 15) is 0 Å². The molecule has 0 N–H and O–H groups in total. The first-order valence-corrected chi connectivity index (χ1v) is 13.6. The van der Waals surface area contributed by atoms with Crippen molar-refractivity contribution in [2.45, 2.75) is 0 Å². The number of fused-ring (bicyclic) bond motifs is 9. The number of hydrogen-bond donors (Lipinski definition) is 0. The fourth-order valence-corrected chi connectivity index (χ4v) is 6.57. The summed E-state index contributed by atoms with van der Waals surface area (Å²) in [5, 5.41) is 8.70. The third-order valence-corrected chi connectivity index (χ3v) is 8.30. The fourth-order valence-electron chi connectivity index (χ4n) is 6.57. The van der Waals surface area contributed by atoms with Crippen LogP contribution in [0.5, 0.6) is 0 Å². The summed E-state index contributed by atoms with van der Waals surface area (Å²) in [6.07, 6.45) is 2.00. The minimum atomic E-state index is 1.01. The van der Waals surface area contributed by atoms with E-state index in [2.05, 4.69) is 137 Å². The van der Waals surface area contributed by atoms with Crippen LogP contribution in [0.25, 0.3) is 76.7 Å². The Hall–Kier alpha value is -5.41. The highest BCUT2D eigenvalue weighted by atomic mass is 15.0. The van der Waals surface area contributed by atoms with E-state index in [1.54, 1.807) is 0 Å². The van der Waals surface area contributed by atoms with E-state index in [4.69, 9.17) is 4.98 Å². The van der Waals surface area contributed by atoms with Gasteiger partial charge in [0.25, 0.3) is 0 Å². The van der Waals surface area contributed by atoms with E-state index in [1.165, 1.54) is 60.1 Å². The van der Waals surface area contributed by atoms with Crippen LogP contribution in [0.1, 0.15) is 0 Å². The Balaban J connectivity index is 1.43. The standard InChI is InChI=1S/C37H23N3/c1-2-10-25-21-27(18-17-24(25)9-1)39-32-15-7-4-12-29(32)36-34(39)19-20-35-37(36)30-13-5-8-16-33(30)40(35)28-22-26-11-3-6-14-31(26)38-23-28/h1-23H. The first kappa shape index (κ1) is 21.5. The predicted molar refractivity (Wildman–Crippen MR) is 168 cm³/mol. The topological polar surface area (TPSA) is 22.8 Å². The maximum absolute atomic E-state index is 4.81. The summed E-state index contributed by atoms with van der Waals surface area (Å²) >= 11 is 0. The summed E-state index contributed by atoms with van der Waals surface area (Å²) in [5.74, 6) is 0. The van der Waals surface area contributed by atoms with Crippen molar-refractivity contribution in [2.24, 2.45) is 0 Å². The van der Waals surface area contributed by atoms with Crippen molar-refractivity contribution in [1.82, 2.24) is 14.1 Å². The van der Waals surface area contributed by atoms with E-state index < -0.39 is 0 Å². The van der Waals surface area contributed by atoms with Crippen LogP contribution in [0.2, 0.25) is 0 Å². The highest BCUT2D eigenvalue weighted by Crippen LogP contribution is 2.42. The molecule has 40 heavy (non-hydrogen) atoms. The average molecular weight is 510 g/mol. The minimum absolute atomic E-state index is 1.01. The summed E-state index contributed by atoms with van der Waals surface area (Å²) in [7, 11) is 0. The number of para-hydroxylation sites is 3. The fraction of sp³-hybridized carbons (Fsp3) is 0. The van der Waals surface area contributed by atoms with E-state index in [1.807, 2.05) is 12.3 Å². The summed E-state index contributed by atoms with van der Waals surface area (Å²) in [4.78, 5) is 4.81. The van der Waals surface area contributed by atoms with Gasteiger partial charge in [-0.15, -0.1) is 0 Å². The molecule has 3 nitrogen and oxygen atoms in total. The van der Waals surface area contributed by atoms with Crippen molar-refractivity contribution < 1.29 is 0 Å². The quantitative estimate of drug-likeness (QED) is 0.227. The lowest BCUT2D eigenvalue weighted by atomic mass is 10.1. The van der Waals surface area contributed by atoms with Gasteiger partial charge in [0.05, 0.1) is 39.5 Å². The van der Waals surface area contributed by atoms with Gasteiger partial charge in [0.1, 0.15) is 0 Å². The van der Waals surface area contributed by atoms with Crippen molar-refractivity contribution in [2.75, 3.05) is 0 Å². The molecule has 0 aliphatic carbocycles. The molecule has 0 aliphatic rings. The molecule has 186 valence electrons. The first-order chi connectivity index (χ1) is 19.8. The van der Waals surface area contributed by atoms with E-state index in [0.717, 1.165) is 16.6 Å². The Bertz CT molecular complexity index is 2270. The molecule has 0 unspecified atom stereocenters. The van der Waals surface area contributed by atoms with Gasteiger partial charge in [0.2, 0.25) is 0 Å². The van der Waals surface area contributed by atoms with Gasteiger partial charge in [0.15, 0.2) is 0 Å². The zero-order chi connectivity index (χ0) is 26.2. The molecular formula is C37H23N3. The Kier molecular flexibility index (Phi) is 4.33. The maximum atomic E-state index is 4.81. The molecule has 0 spiro atoms. The highest BCUT2D eigenvalue weighted by Gasteiger charge is 2.20. The SMILES string of the molecule is c1ccc2cc(-n3c4ccccc4c4c5c6ccccc6n(-c6cnc7ccccc7c6)c5ccc43)ccc2c1. The van der Waals surface area contributed by atoms with E-state index >= 15 is 0 Å². The van der Waals surface area contributed by atoms with Gasteiger partial charge in [0, 0.05) is 32.6 Å². The third kappa shape index (κ3) is 2.92. The Morgan fingerprint density at radius 2 is 0.950 bits per heavy atom. The average Bonchev–Trinajstić information content (AvgIpc) is 3.53. The first-order valence-electron chi connectivity index (χ1n) is 13.6. The molecule has 3 aromatic heterocycles. The number of pyridine rings is 1. The normalized spacial score (nSPS) is 12.0. The predicted octanol–water partition coefficient (Wildman–Crippen LogP) is 9.58. The van der Waals surface area contributed by atoms with E-state index in [0.29, 0.717) is 0 Å². The minimum Gasteiger partial charge on any atom is -0.309 e. The van der Waals surface area contributed by atoms with Crippen molar-refractivity contribution in [3.63, 3.8) is 0 Å². The lowest BCUT2D eigenvalue weighted by Gasteiger charge is -2.10. The van der Waals surface area contributed by atoms with Gasteiger partial charge in [-0.3, -0.25) is 4.98 Å².